The minimum Gasteiger partial charge on any atom is -0.347 e. The molecule has 0 aliphatic heterocycles. The first kappa shape index (κ1) is 20.5. The molecule has 154 valence electrons. The summed E-state index contributed by atoms with van der Waals surface area (Å²) in [5, 5.41) is 2.68. The zero-order valence-corrected chi connectivity index (χ0v) is 16.0. The van der Waals surface area contributed by atoms with Crippen molar-refractivity contribution in [2.75, 3.05) is 18.5 Å². The summed E-state index contributed by atoms with van der Waals surface area (Å²) in [7, 11) is 1.61. The SMILES string of the molecule is CC(C)[C@H](C(=O)NCC(F)(F)F)N(C)c1ccnc(-c2c[nH]c3ncncc23)n1. The Labute approximate surface area is 164 Å². The minimum absolute atomic E-state index is 0.256. The van der Waals surface area contributed by atoms with Gasteiger partial charge in [-0.3, -0.25) is 4.79 Å². The Morgan fingerprint density at radius 2 is 2.07 bits per heavy atom. The Bertz CT molecular complexity index is 1000. The Morgan fingerprint density at radius 1 is 1.31 bits per heavy atom. The van der Waals surface area contributed by atoms with Crippen LogP contribution in [0.15, 0.2) is 31.0 Å². The molecule has 0 spiro atoms. The number of likely N-dealkylation sites (N-methyl/N-ethyl adjacent to an activating group) is 1. The van der Waals surface area contributed by atoms with Crippen LogP contribution in [0.5, 0.6) is 0 Å². The average Bonchev–Trinajstić information content (AvgIpc) is 3.10. The van der Waals surface area contributed by atoms with Crippen LogP contribution < -0.4 is 10.2 Å². The second-order valence-corrected chi connectivity index (χ2v) is 6.86. The molecule has 11 heteroatoms. The number of carbonyl (C=O) groups is 1. The number of hydrogen-bond donors (Lipinski definition) is 2. The van der Waals surface area contributed by atoms with Crippen LogP contribution in [0.3, 0.4) is 0 Å². The number of halogens is 3. The lowest BCUT2D eigenvalue weighted by molar-refractivity contribution is -0.139. The fraction of sp³-hybridized carbons (Fsp3) is 0.389. The zero-order chi connectivity index (χ0) is 21.2. The second-order valence-electron chi connectivity index (χ2n) is 6.86. The lowest BCUT2D eigenvalue weighted by Crippen LogP contribution is -2.50. The van der Waals surface area contributed by atoms with Crippen LogP contribution in [0.4, 0.5) is 19.0 Å². The van der Waals surface area contributed by atoms with Crippen LogP contribution >= 0.6 is 0 Å². The highest BCUT2D eigenvalue weighted by molar-refractivity contribution is 5.91. The van der Waals surface area contributed by atoms with Crippen molar-refractivity contribution in [2.45, 2.75) is 26.1 Å². The van der Waals surface area contributed by atoms with Gasteiger partial charge in [0.05, 0.1) is 0 Å². The fourth-order valence-electron chi connectivity index (χ4n) is 3.08. The van der Waals surface area contributed by atoms with Crippen molar-refractivity contribution in [3.8, 4) is 11.4 Å². The van der Waals surface area contributed by atoms with E-state index in [9.17, 15) is 18.0 Å². The molecule has 0 aliphatic carbocycles. The zero-order valence-electron chi connectivity index (χ0n) is 16.0. The topological polar surface area (TPSA) is 99.7 Å². The van der Waals surface area contributed by atoms with Crippen molar-refractivity contribution in [1.82, 2.24) is 30.2 Å². The molecule has 3 aromatic rings. The number of carbonyl (C=O) groups excluding carboxylic acids is 1. The van der Waals surface area contributed by atoms with Gasteiger partial charge in [-0.25, -0.2) is 19.9 Å². The van der Waals surface area contributed by atoms with Crippen LogP contribution in [0.2, 0.25) is 0 Å². The third-order valence-electron chi connectivity index (χ3n) is 4.38. The number of nitrogens with zero attached hydrogens (tertiary/aromatic N) is 5. The van der Waals surface area contributed by atoms with Crippen molar-refractivity contribution < 1.29 is 18.0 Å². The predicted molar refractivity (Wildman–Crippen MR) is 101 cm³/mol. The first-order chi connectivity index (χ1) is 13.7. The van der Waals surface area contributed by atoms with Gasteiger partial charge < -0.3 is 15.2 Å². The molecular weight excluding hydrogens is 387 g/mol. The highest BCUT2D eigenvalue weighted by Gasteiger charge is 2.32. The smallest absolute Gasteiger partial charge is 0.347 e. The molecule has 0 fully saturated rings. The van der Waals surface area contributed by atoms with E-state index < -0.39 is 24.7 Å². The fourth-order valence-corrected chi connectivity index (χ4v) is 3.08. The Hall–Kier alpha value is -3.24. The van der Waals surface area contributed by atoms with Gasteiger partial charge >= 0.3 is 6.18 Å². The van der Waals surface area contributed by atoms with Gasteiger partial charge in [0.1, 0.15) is 30.4 Å². The molecule has 29 heavy (non-hydrogen) atoms. The normalized spacial score (nSPS) is 12.9. The monoisotopic (exact) mass is 407 g/mol. The molecule has 3 heterocycles. The van der Waals surface area contributed by atoms with Gasteiger partial charge in [-0.05, 0) is 12.0 Å². The number of fused-ring (bicyclic) bond motifs is 1. The number of nitrogens with one attached hydrogen (secondary N) is 2. The number of anilines is 1. The lowest BCUT2D eigenvalue weighted by atomic mass is 10.0. The van der Waals surface area contributed by atoms with Crippen molar-refractivity contribution in [3.63, 3.8) is 0 Å². The number of rotatable bonds is 6. The molecular formula is C18H20F3N7O. The van der Waals surface area contributed by atoms with Gasteiger partial charge in [0.25, 0.3) is 0 Å². The molecule has 3 rings (SSSR count). The van der Waals surface area contributed by atoms with Gasteiger partial charge in [-0.2, -0.15) is 13.2 Å². The summed E-state index contributed by atoms with van der Waals surface area (Å²) >= 11 is 0. The molecule has 8 nitrogen and oxygen atoms in total. The maximum Gasteiger partial charge on any atom is 0.405 e. The maximum absolute atomic E-state index is 12.5. The molecule has 0 saturated carbocycles. The summed E-state index contributed by atoms with van der Waals surface area (Å²) in [5.41, 5.74) is 1.31. The van der Waals surface area contributed by atoms with Crippen molar-refractivity contribution in [3.05, 3.63) is 31.0 Å². The van der Waals surface area contributed by atoms with E-state index in [1.807, 2.05) is 5.32 Å². The summed E-state index contributed by atoms with van der Waals surface area (Å²) in [5.74, 6) is -0.190. The van der Waals surface area contributed by atoms with Crippen molar-refractivity contribution >= 4 is 22.8 Å². The minimum atomic E-state index is -4.48. The van der Waals surface area contributed by atoms with Crippen molar-refractivity contribution in [2.24, 2.45) is 5.92 Å². The number of hydrogen-bond acceptors (Lipinski definition) is 6. The van der Waals surface area contributed by atoms with E-state index in [1.54, 1.807) is 44.3 Å². The standard InChI is InChI=1S/C18H20F3N7O/c1-10(2)14(17(29)25-8-18(19,20)21)28(3)13-4-5-23-16(27-13)12-7-24-15-11(12)6-22-9-26-15/h4-7,9-10,14H,8H2,1-3H3,(H,25,29)(H,22,24,26)/t14-/m1/s1. The Balaban J connectivity index is 1.89. The van der Waals surface area contributed by atoms with Gasteiger partial charge in [0, 0.05) is 36.6 Å². The number of amides is 1. The molecule has 0 saturated heterocycles. The molecule has 1 atom stereocenters. The van der Waals surface area contributed by atoms with E-state index in [1.165, 1.54) is 12.5 Å². The van der Waals surface area contributed by atoms with Crippen LogP contribution in [-0.4, -0.2) is 56.6 Å². The van der Waals surface area contributed by atoms with Gasteiger partial charge in [-0.15, -0.1) is 0 Å². The maximum atomic E-state index is 12.5. The van der Waals surface area contributed by atoms with E-state index >= 15 is 0 Å². The molecule has 1 amide bonds. The summed E-state index contributed by atoms with van der Waals surface area (Å²) in [6, 6.07) is 0.757. The molecule has 0 bridgehead atoms. The molecule has 0 aromatic carbocycles. The Morgan fingerprint density at radius 3 is 2.76 bits per heavy atom. The van der Waals surface area contributed by atoms with E-state index in [2.05, 4.69) is 24.9 Å². The predicted octanol–water partition coefficient (Wildman–Crippen LogP) is 2.55. The van der Waals surface area contributed by atoms with Crippen LogP contribution in [0.1, 0.15) is 13.8 Å². The summed E-state index contributed by atoms with van der Waals surface area (Å²) in [6.45, 7) is 2.13. The average molecular weight is 407 g/mol. The van der Waals surface area contributed by atoms with Gasteiger partial charge in [0.2, 0.25) is 5.91 Å². The van der Waals surface area contributed by atoms with E-state index in [0.29, 0.717) is 22.9 Å². The largest absolute Gasteiger partial charge is 0.405 e. The quantitative estimate of drug-likeness (QED) is 0.652. The number of H-pyrrole nitrogens is 1. The van der Waals surface area contributed by atoms with Crippen LogP contribution in [0.25, 0.3) is 22.4 Å². The van der Waals surface area contributed by atoms with Gasteiger partial charge in [-0.1, -0.05) is 13.8 Å². The summed E-state index contributed by atoms with van der Waals surface area (Å²) < 4.78 is 37.4. The lowest BCUT2D eigenvalue weighted by Gasteiger charge is -2.31. The molecule has 0 unspecified atom stereocenters. The third-order valence-corrected chi connectivity index (χ3v) is 4.38. The molecule has 2 N–H and O–H groups in total. The molecule has 3 aromatic heterocycles. The van der Waals surface area contributed by atoms with E-state index in [4.69, 9.17) is 0 Å². The van der Waals surface area contributed by atoms with E-state index in [0.717, 1.165) is 5.39 Å². The molecule has 0 aliphatic rings. The number of alkyl halides is 3. The molecule has 0 radical (unpaired) electrons. The van der Waals surface area contributed by atoms with Gasteiger partial charge in [0.15, 0.2) is 5.82 Å². The highest BCUT2D eigenvalue weighted by Crippen LogP contribution is 2.26. The Kier molecular flexibility index (Phi) is 5.66. The number of aromatic nitrogens is 5. The van der Waals surface area contributed by atoms with Crippen molar-refractivity contribution in [1.29, 1.82) is 0 Å². The van der Waals surface area contributed by atoms with E-state index in [-0.39, 0.29) is 5.92 Å². The van der Waals surface area contributed by atoms with Crippen LogP contribution in [0, 0.1) is 5.92 Å². The summed E-state index contributed by atoms with van der Waals surface area (Å²) in [4.78, 5) is 33.9. The second kappa shape index (κ2) is 8.02. The first-order valence-corrected chi connectivity index (χ1v) is 8.85. The first-order valence-electron chi connectivity index (χ1n) is 8.85. The third kappa shape index (κ3) is 4.61. The highest BCUT2D eigenvalue weighted by atomic mass is 19.4. The van der Waals surface area contributed by atoms with Crippen LogP contribution in [-0.2, 0) is 4.79 Å². The number of aromatic amines is 1. The summed E-state index contributed by atoms with van der Waals surface area (Å²) in [6.07, 6.45) is 1.81.